The molecule has 0 radical (unpaired) electrons. The van der Waals surface area contributed by atoms with Gasteiger partial charge in [-0.25, -0.2) is 8.42 Å². The van der Waals surface area contributed by atoms with Gasteiger partial charge in [-0.3, -0.25) is 4.79 Å². The van der Waals surface area contributed by atoms with Crippen LogP contribution in [-0.2, 0) is 32.3 Å². The Morgan fingerprint density at radius 2 is 1.90 bits per heavy atom. The van der Waals surface area contributed by atoms with Crippen molar-refractivity contribution in [2.75, 3.05) is 26.6 Å². The predicted molar refractivity (Wildman–Crippen MR) is 117 cm³/mol. The Labute approximate surface area is 179 Å². The minimum Gasteiger partial charge on any atom is -0.494 e. The summed E-state index contributed by atoms with van der Waals surface area (Å²) >= 11 is 1.29. The zero-order chi connectivity index (χ0) is 21.7. The van der Waals surface area contributed by atoms with E-state index in [1.807, 2.05) is 35.8 Å². The first kappa shape index (κ1) is 22.2. The van der Waals surface area contributed by atoms with E-state index in [-0.39, 0.29) is 17.2 Å². The molecule has 2 aromatic carbocycles. The molecule has 0 aliphatic carbocycles. The lowest BCUT2D eigenvalue weighted by Gasteiger charge is -2.05. The van der Waals surface area contributed by atoms with Gasteiger partial charge in [0.2, 0.25) is 0 Å². The summed E-state index contributed by atoms with van der Waals surface area (Å²) in [6, 6.07) is 12.3. The number of fused-ring (bicyclic) bond motifs is 1. The van der Waals surface area contributed by atoms with Crippen molar-refractivity contribution in [1.29, 1.82) is 0 Å². The van der Waals surface area contributed by atoms with Crippen LogP contribution in [0.3, 0.4) is 0 Å². The lowest BCUT2D eigenvalue weighted by Crippen LogP contribution is -2.19. The second-order valence-electron chi connectivity index (χ2n) is 6.69. The highest BCUT2D eigenvalue weighted by Crippen LogP contribution is 2.22. The summed E-state index contributed by atoms with van der Waals surface area (Å²) in [6.45, 7) is 3.45. The van der Waals surface area contributed by atoms with Crippen LogP contribution in [0.15, 0.2) is 52.4 Å². The fourth-order valence-electron chi connectivity index (χ4n) is 2.96. The van der Waals surface area contributed by atoms with Gasteiger partial charge in [-0.1, -0.05) is 23.5 Å². The van der Waals surface area contributed by atoms with E-state index in [2.05, 4.69) is 4.99 Å². The van der Waals surface area contributed by atoms with E-state index in [4.69, 9.17) is 9.47 Å². The first-order valence-corrected chi connectivity index (χ1v) is 12.1. The van der Waals surface area contributed by atoms with Gasteiger partial charge in [0.05, 0.1) is 34.7 Å². The Bertz CT molecular complexity index is 1210. The van der Waals surface area contributed by atoms with Crippen LogP contribution in [-0.4, -0.2) is 45.5 Å². The Morgan fingerprint density at radius 3 is 2.53 bits per heavy atom. The van der Waals surface area contributed by atoms with Gasteiger partial charge in [0.25, 0.3) is 5.91 Å². The molecule has 0 atom stereocenters. The van der Waals surface area contributed by atoms with E-state index in [1.54, 1.807) is 25.3 Å². The van der Waals surface area contributed by atoms with Gasteiger partial charge in [-0.05, 0) is 42.8 Å². The molecule has 0 saturated carbocycles. The van der Waals surface area contributed by atoms with Gasteiger partial charge < -0.3 is 14.0 Å². The lowest BCUT2D eigenvalue weighted by molar-refractivity contribution is -0.117. The van der Waals surface area contributed by atoms with Crippen LogP contribution in [0, 0.1) is 0 Å². The Kier molecular flexibility index (Phi) is 7.06. The van der Waals surface area contributed by atoms with Crippen LogP contribution >= 0.6 is 11.3 Å². The van der Waals surface area contributed by atoms with Crippen molar-refractivity contribution in [3.63, 3.8) is 0 Å². The van der Waals surface area contributed by atoms with Crippen LogP contribution in [0.25, 0.3) is 10.2 Å². The SMILES string of the molecule is CCOc1ccc(CC(=O)N=c2sc3cc(S(C)(=O)=O)ccc3n2CCOC)cc1. The molecule has 0 spiro atoms. The van der Waals surface area contributed by atoms with Gasteiger partial charge in [-0.2, -0.15) is 4.99 Å². The number of ether oxygens (including phenoxy) is 2. The number of carbonyl (C=O) groups excluding carboxylic acids is 1. The summed E-state index contributed by atoms with van der Waals surface area (Å²) in [4.78, 5) is 17.6. The molecule has 160 valence electrons. The molecule has 9 heteroatoms. The third-order valence-electron chi connectivity index (χ3n) is 4.41. The summed E-state index contributed by atoms with van der Waals surface area (Å²) in [5, 5.41) is 0. The molecular formula is C21H24N2O5S2. The summed E-state index contributed by atoms with van der Waals surface area (Å²) < 4.78 is 37.0. The molecular weight excluding hydrogens is 424 g/mol. The molecule has 0 aliphatic rings. The molecule has 7 nitrogen and oxygen atoms in total. The molecule has 0 fully saturated rings. The molecule has 0 bridgehead atoms. The monoisotopic (exact) mass is 448 g/mol. The number of hydrogen-bond donors (Lipinski definition) is 0. The van der Waals surface area contributed by atoms with Gasteiger partial charge in [-0.15, -0.1) is 0 Å². The van der Waals surface area contributed by atoms with Crippen LogP contribution < -0.4 is 9.54 Å². The number of benzene rings is 2. The van der Waals surface area contributed by atoms with E-state index in [9.17, 15) is 13.2 Å². The van der Waals surface area contributed by atoms with E-state index >= 15 is 0 Å². The maximum atomic E-state index is 12.6. The highest BCUT2D eigenvalue weighted by molar-refractivity contribution is 7.90. The first-order chi connectivity index (χ1) is 14.3. The third kappa shape index (κ3) is 5.35. The molecule has 3 rings (SSSR count). The first-order valence-electron chi connectivity index (χ1n) is 9.43. The largest absolute Gasteiger partial charge is 0.494 e. The van der Waals surface area contributed by atoms with E-state index in [0.717, 1.165) is 21.5 Å². The second kappa shape index (κ2) is 9.55. The Balaban J connectivity index is 1.95. The van der Waals surface area contributed by atoms with Gasteiger partial charge in [0, 0.05) is 19.9 Å². The highest BCUT2D eigenvalue weighted by atomic mass is 32.2. The standard InChI is InChI=1S/C21H24N2O5S2/c1-4-28-16-7-5-15(6-8-16)13-20(24)22-21-23(11-12-27-2)18-10-9-17(30(3,25)26)14-19(18)29-21/h5-10,14H,4,11-13H2,1-3H3. The van der Waals surface area contributed by atoms with Crippen LogP contribution in [0.4, 0.5) is 0 Å². The fourth-order valence-corrected chi connectivity index (χ4v) is 4.79. The summed E-state index contributed by atoms with van der Waals surface area (Å²) in [5.41, 5.74) is 1.66. The summed E-state index contributed by atoms with van der Waals surface area (Å²) in [7, 11) is -1.72. The number of thiazole rings is 1. The Hall–Kier alpha value is -2.49. The van der Waals surface area contributed by atoms with Crippen LogP contribution in [0.2, 0.25) is 0 Å². The zero-order valence-electron chi connectivity index (χ0n) is 17.1. The summed E-state index contributed by atoms with van der Waals surface area (Å²) in [5.74, 6) is 0.481. The number of nitrogens with zero attached hydrogens (tertiary/aromatic N) is 2. The van der Waals surface area contributed by atoms with Gasteiger partial charge in [0.15, 0.2) is 14.6 Å². The molecule has 0 saturated heterocycles. The van der Waals surface area contributed by atoms with Crippen molar-refractivity contribution in [3.8, 4) is 5.75 Å². The average molecular weight is 449 g/mol. The predicted octanol–water partition coefficient (Wildman–Crippen LogP) is 2.82. The van der Waals surface area contributed by atoms with E-state index in [1.165, 1.54) is 17.6 Å². The van der Waals surface area contributed by atoms with Crippen molar-refractivity contribution < 1.29 is 22.7 Å². The van der Waals surface area contributed by atoms with Crippen LogP contribution in [0.5, 0.6) is 5.75 Å². The summed E-state index contributed by atoms with van der Waals surface area (Å²) in [6.07, 6.45) is 1.34. The number of hydrogen-bond acceptors (Lipinski definition) is 6. The molecule has 0 N–H and O–H groups in total. The molecule has 0 unspecified atom stereocenters. The van der Waals surface area contributed by atoms with E-state index < -0.39 is 9.84 Å². The topological polar surface area (TPSA) is 87.0 Å². The van der Waals surface area contributed by atoms with Crippen molar-refractivity contribution in [3.05, 3.63) is 52.8 Å². The van der Waals surface area contributed by atoms with Crippen molar-refractivity contribution in [2.45, 2.75) is 24.8 Å². The normalized spacial score (nSPS) is 12.4. The molecule has 3 aromatic rings. The second-order valence-corrected chi connectivity index (χ2v) is 9.71. The maximum absolute atomic E-state index is 12.6. The minimum absolute atomic E-state index is 0.166. The lowest BCUT2D eigenvalue weighted by atomic mass is 10.1. The van der Waals surface area contributed by atoms with Crippen molar-refractivity contribution >= 4 is 37.3 Å². The highest BCUT2D eigenvalue weighted by Gasteiger charge is 2.13. The molecule has 1 amide bonds. The zero-order valence-corrected chi connectivity index (χ0v) is 18.8. The number of rotatable bonds is 8. The molecule has 0 aliphatic heterocycles. The number of aromatic nitrogens is 1. The molecule has 1 aromatic heterocycles. The van der Waals surface area contributed by atoms with Crippen LogP contribution in [0.1, 0.15) is 12.5 Å². The number of carbonyl (C=O) groups is 1. The number of sulfone groups is 1. The van der Waals surface area contributed by atoms with Gasteiger partial charge >= 0.3 is 0 Å². The van der Waals surface area contributed by atoms with Crippen molar-refractivity contribution in [2.24, 2.45) is 4.99 Å². The van der Waals surface area contributed by atoms with Crippen molar-refractivity contribution in [1.82, 2.24) is 4.57 Å². The maximum Gasteiger partial charge on any atom is 0.252 e. The van der Waals surface area contributed by atoms with Gasteiger partial charge in [0.1, 0.15) is 5.75 Å². The number of amides is 1. The molecule has 30 heavy (non-hydrogen) atoms. The van der Waals surface area contributed by atoms with E-state index in [0.29, 0.717) is 24.6 Å². The smallest absolute Gasteiger partial charge is 0.252 e. The minimum atomic E-state index is -3.32. The number of methoxy groups -OCH3 is 1. The third-order valence-corrected chi connectivity index (χ3v) is 6.56. The molecule has 1 heterocycles. The average Bonchev–Trinajstić information content (AvgIpc) is 3.03. The quantitative estimate of drug-likeness (QED) is 0.529. The fraction of sp³-hybridized carbons (Fsp3) is 0.333. The Morgan fingerprint density at radius 1 is 1.17 bits per heavy atom.